The number of rotatable bonds is 4. The summed E-state index contributed by atoms with van der Waals surface area (Å²) in [6.45, 7) is 3.64. The maximum absolute atomic E-state index is 12.3. The standard InChI is InChI=1S/C21H25NO2/c1-3-20(23)24-21(18-12-8-5-9-13-18)14-15-22(2)16-19(21)17-10-6-4-7-11-17/h4-13,19H,3,14-16H2,1-2H3/t19-,21-/m0/s1. The van der Waals surface area contributed by atoms with Gasteiger partial charge in [0.15, 0.2) is 0 Å². The van der Waals surface area contributed by atoms with Crippen LogP contribution < -0.4 is 0 Å². The molecule has 1 fully saturated rings. The molecule has 3 rings (SSSR count). The fourth-order valence-electron chi connectivity index (χ4n) is 3.66. The van der Waals surface area contributed by atoms with Crippen LogP contribution in [0.15, 0.2) is 60.7 Å². The number of benzene rings is 2. The number of ether oxygens (including phenoxy) is 1. The fourth-order valence-corrected chi connectivity index (χ4v) is 3.66. The summed E-state index contributed by atoms with van der Waals surface area (Å²) in [4.78, 5) is 14.6. The van der Waals surface area contributed by atoms with Gasteiger partial charge in [-0.2, -0.15) is 0 Å². The van der Waals surface area contributed by atoms with Gasteiger partial charge in [0.1, 0.15) is 5.60 Å². The van der Waals surface area contributed by atoms with E-state index >= 15 is 0 Å². The number of hydrogen-bond donors (Lipinski definition) is 0. The van der Waals surface area contributed by atoms with Gasteiger partial charge in [-0.05, 0) is 18.2 Å². The topological polar surface area (TPSA) is 29.5 Å². The molecular weight excluding hydrogens is 298 g/mol. The quantitative estimate of drug-likeness (QED) is 0.798. The molecular formula is C21H25NO2. The monoisotopic (exact) mass is 323 g/mol. The lowest BCUT2D eigenvalue weighted by Crippen LogP contribution is -2.49. The van der Waals surface area contributed by atoms with Crippen LogP contribution in [0.4, 0.5) is 0 Å². The van der Waals surface area contributed by atoms with Crippen molar-refractivity contribution in [2.24, 2.45) is 0 Å². The lowest BCUT2D eigenvalue weighted by Gasteiger charge is -2.47. The zero-order chi connectivity index (χ0) is 17.0. The molecule has 0 N–H and O–H groups in total. The molecule has 2 aromatic carbocycles. The molecule has 1 aliphatic rings. The smallest absolute Gasteiger partial charge is 0.306 e. The summed E-state index contributed by atoms with van der Waals surface area (Å²) in [5.41, 5.74) is 1.72. The molecule has 1 saturated heterocycles. The molecule has 0 radical (unpaired) electrons. The Bertz CT molecular complexity index is 671. The van der Waals surface area contributed by atoms with E-state index in [-0.39, 0.29) is 11.9 Å². The zero-order valence-corrected chi connectivity index (χ0v) is 14.4. The van der Waals surface area contributed by atoms with E-state index in [1.165, 1.54) is 5.56 Å². The predicted molar refractivity (Wildman–Crippen MR) is 95.8 cm³/mol. The first-order chi connectivity index (χ1) is 11.7. The Morgan fingerprint density at radius 1 is 1.12 bits per heavy atom. The number of carbonyl (C=O) groups is 1. The van der Waals surface area contributed by atoms with Gasteiger partial charge in [0.2, 0.25) is 0 Å². The summed E-state index contributed by atoms with van der Waals surface area (Å²) in [6, 6.07) is 20.7. The first-order valence-electron chi connectivity index (χ1n) is 8.66. The molecule has 2 aromatic rings. The van der Waals surface area contributed by atoms with E-state index in [0.717, 1.165) is 25.1 Å². The van der Waals surface area contributed by atoms with E-state index in [9.17, 15) is 4.79 Å². The highest BCUT2D eigenvalue weighted by molar-refractivity contribution is 5.70. The molecule has 0 aliphatic carbocycles. The van der Waals surface area contributed by atoms with E-state index in [1.807, 2.05) is 31.2 Å². The van der Waals surface area contributed by atoms with Crippen LogP contribution in [0, 0.1) is 0 Å². The highest BCUT2D eigenvalue weighted by atomic mass is 16.6. The van der Waals surface area contributed by atoms with Crippen molar-refractivity contribution in [3.8, 4) is 0 Å². The third kappa shape index (κ3) is 3.22. The minimum absolute atomic E-state index is 0.121. The summed E-state index contributed by atoms with van der Waals surface area (Å²) < 4.78 is 6.16. The molecule has 0 spiro atoms. The highest BCUT2D eigenvalue weighted by Crippen LogP contribution is 2.46. The van der Waals surface area contributed by atoms with Crippen molar-refractivity contribution >= 4 is 5.97 Å². The van der Waals surface area contributed by atoms with Gasteiger partial charge in [-0.1, -0.05) is 67.6 Å². The molecule has 3 heteroatoms. The fraction of sp³-hybridized carbons (Fsp3) is 0.381. The molecule has 0 unspecified atom stereocenters. The largest absolute Gasteiger partial charge is 0.453 e. The van der Waals surface area contributed by atoms with E-state index in [1.54, 1.807) is 0 Å². The van der Waals surface area contributed by atoms with E-state index in [4.69, 9.17) is 4.74 Å². The summed E-state index contributed by atoms with van der Waals surface area (Å²) in [5, 5.41) is 0. The van der Waals surface area contributed by atoms with Crippen LogP contribution in [0.25, 0.3) is 0 Å². The van der Waals surface area contributed by atoms with E-state index in [2.05, 4.69) is 48.3 Å². The van der Waals surface area contributed by atoms with Gasteiger partial charge in [-0.15, -0.1) is 0 Å². The van der Waals surface area contributed by atoms with Crippen LogP contribution in [0.1, 0.15) is 36.8 Å². The number of piperidine rings is 1. The minimum Gasteiger partial charge on any atom is -0.453 e. The number of likely N-dealkylation sites (N-methyl/N-ethyl adjacent to an activating group) is 1. The Kier molecular flexibility index (Phi) is 5.00. The van der Waals surface area contributed by atoms with Crippen molar-refractivity contribution in [2.75, 3.05) is 20.1 Å². The Hall–Kier alpha value is -2.13. The second-order valence-electron chi connectivity index (χ2n) is 6.56. The maximum atomic E-state index is 12.3. The third-order valence-corrected chi connectivity index (χ3v) is 4.97. The number of hydrogen-bond acceptors (Lipinski definition) is 3. The van der Waals surface area contributed by atoms with E-state index in [0.29, 0.717) is 6.42 Å². The first-order valence-corrected chi connectivity index (χ1v) is 8.66. The number of nitrogens with zero attached hydrogens (tertiary/aromatic N) is 1. The summed E-state index contributed by atoms with van der Waals surface area (Å²) in [7, 11) is 2.13. The van der Waals surface area contributed by atoms with Crippen molar-refractivity contribution in [1.82, 2.24) is 4.90 Å². The van der Waals surface area contributed by atoms with Gasteiger partial charge in [0, 0.05) is 31.8 Å². The average molecular weight is 323 g/mol. The normalized spacial score (nSPS) is 24.5. The predicted octanol–water partition coefficient (Wildman–Crippen LogP) is 3.95. The SMILES string of the molecule is CCC(=O)O[C@]1(c2ccccc2)CCN(C)C[C@H]1c1ccccc1. The highest BCUT2D eigenvalue weighted by Gasteiger charge is 2.47. The molecule has 1 heterocycles. The molecule has 1 aliphatic heterocycles. The minimum atomic E-state index is -0.595. The Morgan fingerprint density at radius 3 is 2.38 bits per heavy atom. The van der Waals surface area contributed by atoms with Gasteiger partial charge in [-0.25, -0.2) is 0 Å². The van der Waals surface area contributed by atoms with Crippen LogP contribution in [-0.2, 0) is 15.1 Å². The van der Waals surface area contributed by atoms with Crippen molar-refractivity contribution in [2.45, 2.75) is 31.3 Å². The van der Waals surface area contributed by atoms with Crippen LogP contribution in [0.3, 0.4) is 0 Å². The summed E-state index contributed by atoms with van der Waals surface area (Å²) in [5.74, 6) is -0.0142. The lowest BCUT2D eigenvalue weighted by atomic mass is 9.72. The second-order valence-corrected chi connectivity index (χ2v) is 6.56. The molecule has 0 amide bonds. The van der Waals surface area contributed by atoms with Gasteiger partial charge in [0.05, 0.1) is 0 Å². The Balaban J connectivity index is 2.11. The number of likely N-dealkylation sites (tertiary alicyclic amines) is 1. The molecule has 2 atom stereocenters. The average Bonchev–Trinajstić information content (AvgIpc) is 2.64. The van der Waals surface area contributed by atoms with Gasteiger partial charge >= 0.3 is 5.97 Å². The van der Waals surface area contributed by atoms with Crippen LogP contribution in [0.2, 0.25) is 0 Å². The number of esters is 1. The molecule has 0 saturated carbocycles. The van der Waals surface area contributed by atoms with Crippen molar-refractivity contribution in [3.05, 3.63) is 71.8 Å². The van der Waals surface area contributed by atoms with Crippen LogP contribution in [0.5, 0.6) is 0 Å². The Morgan fingerprint density at radius 2 is 1.75 bits per heavy atom. The summed E-state index contributed by atoms with van der Waals surface area (Å²) >= 11 is 0. The molecule has 0 aromatic heterocycles. The molecule has 126 valence electrons. The summed E-state index contributed by atoms with van der Waals surface area (Å²) in [6.07, 6.45) is 1.20. The number of carbonyl (C=O) groups excluding carboxylic acids is 1. The second kappa shape index (κ2) is 7.18. The lowest BCUT2D eigenvalue weighted by molar-refractivity contribution is -0.169. The van der Waals surface area contributed by atoms with Gasteiger partial charge < -0.3 is 9.64 Å². The Labute approximate surface area is 144 Å². The zero-order valence-electron chi connectivity index (χ0n) is 14.4. The first kappa shape index (κ1) is 16.7. The van der Waals surface area contributed by atoms with Gasteiger partial charge in [0.25, 0.3) is 0 Å². The maximum Gasteiger partial charge on any atom is 0.306 e. The third-order valence-electron chi connectivity index (χ3n) is 4.97. The van der Waals surface area contributed by atoms with Crippen LogP contribution >= 0.6 is 0 Å². The van der Waals surface area contributed by atoms with Crippen molar-refractivity contribution in [1.29, 1.82) is 0 Å². The van der Waals surface area contributed by atoms with Gasteiger partial charge in [-0.3, -0.25) is 4.79 Å². The van der Waals surface area contributed by atoms with Crippen LogP contribution in [-0.4, -0.2) is 31.0 Å². The van der Waals surface area contributed by atoms with Crippen molar-refractivity contribution in [3.63, 3.8) is 0 Å². The van der Waals surface area contributed by atoms with Crippen molar-refractivity contribution < 1.29 is 9.53 Å². The molecule has 3 nitrogen and oxygen atoms in total. The van der Waals surface area contributed by atoms with E-state index < -0.39 is 5.60 Å². The molecule has 24 heavy (non-hydrogen) atoms. The molecule has 0 bridgehead atoms.